The van der Waals surface area contributed by atoms with Crippen molar-refractivity contribution < 1.29 is 30.4 Å². The van der Waals surface area contributed by atoms with Crippen molar-refractivity contribution in [1.29, 1.82) is 0 Å². The van der Waals surface area contributed by atoms with E-state index in [1.807, 2.05) is 0 Å². The van der Waals surface area contributed by atoms with E-state index in [0.29, 0.717) is 0 Å². The molecule has 1 aromatic rings. The highest BCUT2D eigenvalue weighted by atomic mass is 35.5. The van der Waals surface area contributed by atoms with E-state index in [9.17, 15) is 30.4 Å². The number of nitrogens with zero attached hydrogens (tertiary/aromatic N) is 1. The molecule has 19 heavy (non-hydrogen) atoms. The van der Waals surface area contributed by atoms with E-state index < -0.39 is 50.4 Å². The highest BCUT2D eigenvalue weighted by molar-refractivity contribution is 7.89. The molecule has 0 aromatic carbocycles. The Morgan fingerprint density at radius 3 is 2.21 bits per heavy atom. The van der Waals surface area contributed by atoms with Gasteiger partial charge in [0.15, 0.2) is 5.69 Å². The average molecular weight is 325 g/mol. The molecule has 11 heteroatoms. The number of sulfonamides is 1. The predicted octanol–water partition coefficient (Wildman–Crippen LogP) is 2.42. The number of rotatable bonds is 3. The van der Waals surface area contributed by atoms with Crippen molar-refractivity contribution in [3.05, 3.63) is 23.0 Å². The van der Waals surface area contributed by atoms with Crippen LogP contribution in [0.2, 0.25) is 0 Å². The van der Waals surface area contributed by atoms with Crippen molar-refractivity contribution in [2.45, 2.75) is 23.4 Å². The lowest BCUT2D eigenvalue weighted by Gasteiger charge is -2.14. The number of hydrogen-bond acceptors (Lipinski definition) is 3. The largest absolute Gasteiger partial charge is 0.433 e. The van der Waals surface area contributed by atoms with Crippen molar-refractivity contribution >= 4 is 21.6 Å². The Balaban J connectivity index is 3.71. The van der Waals surface area contributed by atoms with E-state index in [2.05, 4.69) is 4.98 Å². The summed E-state index contributed by atoms with van der Waals surface area (Å²) in [5, 5.41) is 4.71. The summed E-state index contributed by atoms with van der Waals surface area (Å²) in [7, 11) is -4.51. The molecule has 1 rings (SSSR count). The molecule has 1 heterocycles. The zero-order valence-corrected chi connectivity index (χ0v) is 10.5. The maximum atomic E-state index is 12.6. The van der Waals surface area contributed by atoms with Crippen molar-refractivity contribution in [3.63, 3.8) is 0 Å². The lowest BCUT2D eigenvalue weighted by molar-refractivity contribution is -0.143. The van der Waals surface area contributed by atoms with Gasteiger partial charge in [0.2, 0.25) is 10.0 Å². The first-order valence-corrected chi connectivity index (χ1v) is 6.54. The van der Waals surface area contributed by atoms with Gasteiger partial charge in [0.25, 0.3) is 6.43 Å². The SMILES string of the molecule is NS(=O)(=O)c1cc(C(F)F)c(C(F)(F)F)nc1CCl. The Hall–Kier alpha value is -1.00. The minimum Gasteiger partial charge on any atom is -0.245 e. The molecule has 0 fully saturated rings. The maximum absolute atomic E-state index is 12.6. The van der Waals surface area contributed by atoms with E-state index in [4.69, 9.17) is 16.7 Å². The molecule has 0 spiro atoms. The zero-order chi connectivity index (χ0) is 15.0. The van der Waals surface area contributed by atoms with Crippen molar-refractivity contribution in [3.8, 4) is 0 Å². The van der Waals surface area contributed by atoms with Gasteiger partial charge in [-0.2, -0.15) is 13.2 Å². The standard InChI is InChI=1S/C8H6ClF5N2O2S/c9-2-4-5(19(15,17)18)1-3(7(10)11)6(16-4)8(12,13)14/h1,7H,2H2,(H2,15,17,18). The van der Waals surface area contributed by atoms with E-state index in [0.717, 1.165) is 0 Å². The van der Waals surface area contributed by atoms with Crippen LogP contribution < -0.4 is 5.14 Å². The summed E-state index contributed by atoms with van der Waals surface area (Å²) in [6.07, 6.45) is -8.72. The average Bonchev–Trinajstić information content (AvgIpc) is 2.24. The lowest BCUT2D eigenvalue weighted by Crippen LogP contribution is -2.20. The van der Waals surface area contributed by atoms with Gasteiger partial charge in [0.05, 0.1) is 11.6 Å². The van der Waals surface area contributed by atoms with Crippen LogP contribution in [0, 0.1) is 0 Å². The third-order valence-corrected chi connectivity index (χ3v) is 3.25. The van der Waals surface area contributed by atoms with E-state index in [-0.39, 0.29) is 6.07 Å². The molecule has 0 bridgehead atoms. The summed E-state index contributed by atoms with van der Waals surface area (Å²) in [6.45, 7) is 0. The monoisotopic (exact) mass is 324 g/mol. The molecule has 4 nitrogen and oxygen atoms in total. The number of alkyl halides is 6. The van der Waals surface area contributed by atoms with Gasteiger partial charge in [-0.15, -0.1) is 11.6 Å². The molecule has 0 aliphatic rings. The summed E-state index contributed by atoms with van der Waals surface area (Å²) < 4.78 is 84.9. The Kier molecular flexibility index (Phi) is 4.37. The number of halogens is 6. The van der Waals surface area contributed by atoms with Gasteiger partial charge < -0.3 is 0 Å². The van der Waals surface area contributed by atoms with E-state index in [1.165, 1.54) is 0 Å². The molecule has 2 N–H and O–H groups in total. The van der Waals surface area contributed by atoms with E-state index >= 15 is 0 Å². The summed E-state index contributed by atoms with van der Waals surface area (Å²) in [5.74, 6) is -0.724. The van der Waals surface area contributed by atoms with Gasteiger partial charge in [-0.25, -0.2) is 27.3 Å². The van der Waals surface area contributed by atoms with Crippen LogP contribution in [0.4, 0.5) is 22.0 Å². The highest BCUT2D eigenvalue weighted by Gasteiger charge is 2.39. The highest BCUT2D eigenvalue weighted by Crippen LogP contribution is 2.36. The van der Waals surface area contributed by atoms with Crippen molar-refractivity contribution in [2.75, 3.05) is 0 Å². The first kappa shape index (κ1) is 16.1. The fraction of sp³-hybridized carbons (Fsp3) is 0.375. The fourth-order valence-corrected chi connectivity index (χ4v) is 2.30. The predicted molar refractivity (Wildman–Crippen MR) is 55.1 cm³/mol. The van der Waals surface area contributed by atoms with Gasteiger partial charge >= 0.3 is 6.18 Å². The number of nitrogens with two attached hydrogens (primary N) is 1. The summed E-state index contributed by atoms with van der Waals surface area (Å²) >= 11 is 5.25. The zero-order valence-electron chi connectivity index (χ0n) is 8.88. The van der Waals surface area contributed by atoms with Crippen LogP contribution in [-0.4, -0.2) is 13.4 Å². The minimum atomic E-state index is -5.16. The van der Waals surface area contributed by atoms with Crippen LogP contribution in [0.25, 0.3) is 0 Å². The van der Waals surface area contributed by atoms with Crippen LogP contribution >= 0.6 is 11.6 Å². The van der Waals surface area contributed by atoms with Gasteiger partial charge in [-0.05, 0) is 6.07 Å². The van der Waals surface area contributed by atoms with Crippen LogP contribution in [0.3, 0.4) is 0 Å². The lowest BCUT2D eigenvalue weighted by atomic mass is 10.1. The van der Waals surface area contributed by atoms with Gasteiger partial charge in [0.1, 0.15) is 4.90 Å². The molecular formula is C8H6ClF5N2O2S. The summed E-state index contributed by atoms with van der Waals surface area (Å²) in [5.41, 5.74) is -4.18. The first-order valence-electron chi connectivity index (χ1n) is 4.46. The Labute approximate surface area is 109 Å². The number of aromatic nitrogens is 1. The number of primary sulfonamides is 1. The third-order valence-electron chi connectivity index (χ3n) is 2.03. The second-order valence-corrected chi connectivity index (χ2v) is 5.15. The summed E-state index contributed by atoms with van der Waals surface area (Å²) in [6, 6.07) is 0.146. The van der Waals surface area contributed by atoms with Crippen molar-refractivity contribution in [1.82, 2.24) is 4.98 Å². The van der Waals surface area contributed by atoms with Crippen LogP contribution in [0.1, 0.15) is 23.4 Å². The molecule has 1 aromatic heterocycles. The molecular weight excluding hydrogens is 319 g/mol. The topological polar surface area (TPSA) is 73.1 Å². The van der Waals surface area contributed by atoms with Gasteiger partial charge in [0, 0.05) is 5.56 Å². The first-order chi connectivity index (χ1) is 8.48. The van der Waals surface area contributed by atoms with E-state index in [1.54, 1.807) is 0 Å². The number of pyridine rings is 1. The second kappa shape index (κ2) is 5.17. The van der Waals surface area contributed by atoms with Gasteiger partial charge in [-0.1, -0.05) is 0 Å². The normalized spacial score (nSPS) is 13.1. The molecule has 0 atom stereocenters. The molecule has 0 aliphatic heterocycles. The minimum absolute atomic E-state index is 0.146. The third kappa shape index (κ3) is 3.51. The molecule has 0 saturated heterocycles. The van der Waals surface area contributed by atoms with Crippen LogP contribution in [-0.2, 0) is 22.1 Å². The second-order valence-electron chi connectivity index (χ2n) is 3.35. The molecule has 108 valence electrons. The molecule has 0 aliphatic carbocycles. The smallest absolute Gasteiger partial charge is 0.245 e. The quantitative estimate of drug-likeness (QED) is 0.685. The summed E-state index contributed by atoms with van der Waals surface area (Å²) in [4.78, 5) is 1.90. The van der Waals surface area contributed by atoms with Crippen molar-refractivity contribution in [2.24, 2.45) is 5.14 Å². The number of hydrogen-bond donors (Lipinski definition) is 1. The fourth-order valence-electron chi connectivity index (χ4n) is 1.28. The molecule has 0 radical (unpaired) electrons. The van der Waals surface area contributed by atoms with Gasteiger partial charge in [-0.3, -0.25) is 0 Å². The Morgan fingerprint density at radius 1 is 1.37 bits per heavy atom. The van der Waals surface area contributed by atoms with Crippen LogP contribution in [0.15, 0.2) is 11.0 Å². The Morgan fingerprint density at radius 2 is 1.89 bits per heavy atom. The Bertz CT molecular complexity index is 588. The molecule has 0 unspecified atom stereocenters. The molecule has 0 amide bonds. The van der Waals surface area contributed by atoms with Crippen LogP contribution in [0.5, 0.6) is 0 Å². The molecule has 0 saturated carbocycles. The maximum Gasteiger partial charge on any atom is 0.433 e.